The van der Waals surface area contributed by atoms with Crippen LogP contribution < -0.4 is 5.32 Å². The van der Waals surface area contributed by atoms with E-state index in [4.69, 9.17) is 5.26 Å². The summed E-state index contributed by atoms with van der Waals surface area (Å²) in [5.74, 6) is -2.58. The Balaban J connectivity index is 3.71. The van der Waals surface area contributed by atoms with Crippen molar-refractivity contribution in [1.29, 1.82) is 5.26 Å². The summed E-state index contributed by atoms with van der Waals surface area (Å²) in [5, 5.41) is 10.3. The highest BCUT2D eigenvalue weighted by Gasteiger charge is 2.39. The van der Waals surface area contributed by atoms with Crippen LogP contribution >= 0.6 is 11.8 Å². The van der Waals surface area contributed by atoms with Crippen LogP contribution in [0.15, 0.2) is 0 Å². The van der Waals surface area contributed by atoms with E-state index in [2.05, 4.69) is 5.32 Å². The first-order valence-electron chi connectivity index (χ1n) is 4.04. The predicted octanol–water partition coefficient (Wildman–Crippen LogP) is 2.53. The summed E-state index contributed by atoms with van der Waals surface area (Å²) in [6.07, 6.45) is -4.65. The van der Waals surface area contributed by atoms with Gasteiger partial charge in [0.05, 0.1) is 6.07 Å². The van der Waals surface area contributed by atoms with Crippen LogP contribution in [0.2, 0.25) is 0 Å². The molecule has 0 aliphatic carbocycles. The lowest BCUT2D eigenvalue weighted by molar-refractivity contribution is -0.157. The van der Waals surface area contributed by atoms with Crippen LogP contribution in [0.3, 0.4) is 0 Å². The molecule has 0 radical (unpaired) electrons. The summed E-state index contributed by atoms with van der Waals surface area (Å²) < 4.78 is 70.7. The highest BCUT2D eigenvalue weighted by molar-refractivity contribution is 8.00. The topological polar surface area (TPSA) is 35.8 Å². The lowest BCUT2D eigenvalue weighted by Crippen LogP contribution is -2.33. The van der Waals surface area contributed by atoms with Gasteiger partial charge >= 0.3 is 11.7 Å². The minimum Gasteiger partial charge on any atom is -0.314 e. The monoisotopic (exact) mass is 266 g/mol. The molecule has 0 aliphatic heterocycles. The quantitative estimate of drug-likeness (QED) is 0.613. The molecule has 0 bridgehead atoms. The number of nitrogens with zero attached hydrogens (tertiary/aromatic N) is 1. The van der Waals surface area contributed by atoms with Gasteiger partial charge in [0.25, 0.3) is 0 Å². The van der Waals surface area contributed by atoms with Gasteiger partial charge in [-0.2, -0.15) is 31.6 Å². The summed E-state index contributed by atoms with van der Waals surface area (Å²) >= 11 is -0.326. The zero-order chi connectivity index (χ0) is 12.8. The van der Waals surface area contributed by atoms with Gasteiger partial charge in [-0.1, -0.05) is 0 Å². The number of hydrogen-bond acceptors (Lipinski definition) is 3. The van der Waals surface area contributed by atoms with Crippen LogP contribution in [0.1, 0.15) is 0 Å². The Hall–Kier alpha value is -0.620. The maximum atomic E-state index is 12.0. The molecular weight excluding hydrogens is 258 g/mol. The highest BCUT2D eigenvalue weighted by Crippen LogP contribution is 2.29. The van der Waals surface area contributed by atoms with E-state index in [9.17, 15) is 26.3 Å². The molecular formula is C7H8F6N2S. The molecule has 9 heteroatoms. The van der Waals surface area contributed by atoms with E-state index in [0.29, 0.717) is 0 Å². The third-order valence-electron chi connectivity index (χ3n) is 1.44. The van der Waals surface area contributed by atoms with Crippen molar-refractivity contribution >= 4 is 11.8 Å². The molecule has 0 saturated carbocycles. The van der Waals surface area contributed by atoms with Crippen LogP contribution in [-0.2, 0) is 0 Å². The third kappa shape index (κ3) is 7.64. The predicted molar refractivity (Wildman–Crippen MR) is 46.5 cm³/mol. The Morgan fingerprint density at radius 2 is 1.75 bits per heavy atom. The summed E-state index contributed by atoms with van der Waals surface area (Å²) in [5.41, 5.74) is -4.39. The van der Waals surface area contributed by atoms with Crippen LogP contribution in [-0.4, -0.2) is 30.5 Å². The SMILES string of the molecule is N#CC(CNCCSC(F)(F)F)C(F)(F)F. The summed E-state index contributed by atoms with van der Waals surface area (Å²) in [6.45, 7) is -0.934. The van der Waals surface area contributed by atoms with E-state index >= 15 is 0 Å². The lowest BCUT2D eigenvalue weighted by Gasteiger charge is -2.13. The molecule has 16 heavy (non-hydrogen) atoms. The summed E-state index contributed by atoms with van der Waals surface area (Å²) in [4.78, 5) is 0. The Labute approximate surface area is 92.0 Å². The van der Waals surface area contributed by atoms with E-state index in [-0.39, 0.29) is 24.1 Å². The zero-order valence-corrected chi connectivity index (χ0v) is 8.64. The van der Waals surface area contributed by atoms with Gasteiger partial charge < -0.3 is 5.32 Å². The minimum atomic E-state index is -4.65. The lowest BCUT2D eigenvalue weighted by atomic mass is 10.1. The summed E-state index contributed by atoms with van der Waals surface area (Å²) in [7, 11) is 0. The molecule has 0 heterocycles. The number of rotatable bonds is 5. The molecule has 0 aromatic heterocycles. The normalized spacial score (nSPS) is 14.6. The van der Waals surface area contributed by atoms with Gasteiger partial charge in [-0.3, -0.25) is 0 Å². The van der Waals surface area contributed by atoms with Crippen LogP contribution in [0.5, 0.6) is 0 Å². The second kappa shape index (κ2) is 6.20. The fourth-order valence-corrected chi connectivity index (χ4v) is 1.20. The molecule has 0 rings (SSSR count). The molecule has 1 atom stereocenters. The van der Waals surface area contributed by atoms with Crippen molar-refractivity contribution in [3.05, 3.63) is 0 Å². The maximum absolute atomic E-state index is 12.0. The van der Waals surface area contributed by atoms with E-state index < -0.39 is 24.1 Å². The largest absolute Gasteiger partial charge is 0.441 e. The molecule has 94 valence electrons. The molecule has 0 saturated heterocycles. The van der Waals surface area contributed by atoms with Crippen molar-refractivity contribution in [2.24, 2.45) is 5.92 Å². The minimum absolute atomic E-state index is 0.238. The third-order valence-corrected chi connectivity index (χ3v) is 2.18. The molecule has 0 amide bonds. The van der Waals surface area contributed by atoms with Gasteiger partial charge in [-0.05, 0) is 11.8 Å². The first-order chi connectivity index (χ1) is 7.17. The summed E-state index contributed by atoms with van der Waals surface area (Å²) in [6, 6.07) is 1.03. The van der Waals surface area contributed by atoms with Gasteiger partial charge in [-0.15, -0.1) is 0 Å². The Morgan fingerprint density at radius 3 is 2.12 bits per heavy atom. The van der Waals surface area contributed by atoms with Crippen LogP contribution in [0.25, 0.3) is 0 Å². The first-order valence-corrected chi connectivity index (χ1v) is 5.03. The number of thioether (sulfide) groups is 1. The number of alkyl halides is 6. The number of hydrogen-bond donors (Lipinski definition) is 1. The van der Waals surface area contributed by atoms with Crippen LogP contribution in [0.4, 0.5) is 26.3 Å². The van der Waals surface area contributed by atoms with Crippen molar-refractivity contribution in [2.45, 2.75) is 11.7 Å². The van der Waals surface area contributed by atoms with E-state index in [1.54, 1.807) is 0 Å². The fourth-order valence-electron chi connectivity index (χ4n) is 0.720. The molecule has 0 aromatic rings. The molecule has 0 spiro atoms. The van der Waals surface area contributed by atoms with Gasteiger partial charge in [-0.25, -0.2) is 0 Å². The molecule has 0 aromatic carbocycles. The van der Waals surface area contributed by atoms with Crippen molar-refractivity contribution in [1.82, 2.24) is 5.32 Å². The molecule has 2 nitrogen and oxygen atoms in total. The number of nitrogens with one attached hydrogen (secondary N) is 1. The number of nitriles is 1. The standard InChI is InChI=1S/C7H8F6N2S/c8-6(9,10)5(3-14)4-15-1-2-16-7(11,12)13/h5,15H,1-2,4H2. The molecule has 0 aliphatic rings. The molecule has 1 unspecified atom stereocenters. The van der Waals surface area contributed by atoms with Crippen molar-refractivity contribution < 1.29 is 26.3 Å². The van der Waals surface area contributed by atoms with E-state index in [1.165, 1.54) is 0 Å². The second-order valence-electron chi connectivity index (χ2n) is 2.72. The Kier molecular flexibility index (Phi) is 5.96. The Morgan fingerprint density at radius 1 is 1.19 bits per heavy atom. The van der Waals surface area contributed by atoms with Crippen LogP contribution in [0, 0.1) is 17.2 Å². The van der Waals surface area contributed by atoms with Crippen molar-refractivity contribution in [3.8, 4) is 6.07 Å². The van der Waals surface area contributed by atoms with E-state index in [0.717, 1.165) is 6.07 Å². The maximum Gasteiger partial charge on any atom is 0.441 e. The average molecular weight is 266 g/mol. The number of halogens is 6. The molecule has 1 N–H and O–H groups in total. The van der Waals surface area contributed by atoms with E-state index in [1.807, 2.05) is 0 Å². The first kappa shape index (κ1) is 15.4. The van der Waals surface area contributed by atoms with Crippen molar-refractivity contribution in [3.63, 3.8) is 0 Å². The van der Waals surface area contributed by atoms with Crippen molar-refractivity contribution in [2.75, 3.05) is 18.8 Å². The van der Waals surface area contributed by atoms with Gasteiger partial charge in [0.2, 0.25) is 0 Å². The second-order valence-corrected chi connectivity index (χ2v) is 3.88. The zero-order valence-electron chi connectivity index (χ0n) is 7.82. The van der Waals surface area contributed by atoms with Gasteiger partial charge in [0.15, 0.2) is 5.92 Å². The Bertz CT molecular complexity index is 243. The molecule has 0 fully saturated rings. The highest BCUT2D eigenvalue weighted by atomic mass is 32.2. The van der Waals surface area contributed by atoms with Gasteiger partial charge in [0.1, 0.15) is 0 Å². The smallest absolute Gasteiger partial charge is 0.314 e. The van der Waals surface area contributed by atoms with Gasteiger partial charge in [0, 0.05) is 18.8 Å². The fraction of sp³-hybridized carbons (Fsp3) is 0.857. The average Bonchev–Trinajstić information content (AvgIpc) is 2.07.